The molecule has 0 amide bonds. The third-order valence-electron chi connectivity index (χ3n) is 4.31. The Balaban J connectivity index is 0.000000123. The van der Waals surface area contributed by atoms with Crippen molar-refractivity contribution >= 4 is 11.9 Å². The summed E-state index contributed by atoms with van der Waals surface area (Å²) in [5.41, 5.74) is 0. The fraction of sp³-hybridized carbons (Fsp3) is 0.857. The van der Waals surface area contributed by atoms with Crippen LogP contribution in [-0.4, -0.2) is 73.8 Å². The summed E-state index contributed by atoms with van der Waals surface area (Å²) in [4.78, 5) is 18.2. The fourth-order valence-corrected chi connectivity index (χ4v) is 2.82. The molecule has 4 rings (SSSR count). The predicted octanol–water partition coefficient (Wildman–Crippen LogP) is -0.855. The zero-order chi connectivity index (χ0) is 15.9. The molecule has 0 bridgehead atoms. The zero-order valence-corrected chi connectivity index (χ0v) is 12.5. The maximum Gasteiger partial charge on any atom is 0.414 e. The maximum absolute atomic E-state index is 9.10. The number of nitrogens with one attached hydrogen (secondary N) is 2. The Morgan fingerprint density at radius 2 is 1.23 bits per heavy atom. The van der Waals surface area contributed by atoms with E-state index >= 15 is 0 Å². The van der Waals surface area contributed by atoms with E-state index in [1.807, 2.05) is 0 Å². The van der Waals surface area contributed by atoms with E-state index in [0.29, 0.717) is 12.2 Å². The number of fused-ring (bicyclic) bond motifs is 2. The van der Waals surface area contributed by atoms with Gasteiger partial charge in [-0.1, -0.05) is 0 Å². The van der Waals surface area contributed by atoms with Gasteiger partial charge in [-0.15, -0.1) is 0 Å². The first kappa shape index (κ1) is 17.1. The number of carboxylic acids is 2. The lowest BCUT2D eigenvalue weighted by Gasteiger charge is -2.40. The molecule has 4 aliphatic rings. The SMILES string of the molecule is C1CC2OCC2CN1.C1CC2OCC2CN1.O=C(O)C(=O)O. The first-order chi connectivity index (χ1) is 10.6. The van der Waals surface area contributed by atoms with Crippen molar-refractivity contribution in [3.63, 3.8) is 0 Å². The highest BCUT2D eigenvalue weighted by atomic mass is 16.5. The van der Waals surface area contributed by atoms with Crippen LogP contribution >= 0.6 is 0 Å². The van der Waals surface area contributed by atoms with Gasteiger partial charge in [0, 0.05) is 24.9 Å². The van der Waals surface area contributed by atoms with Crippen LogP contribution in [0.2, 0.25) is 0 Å². The van der Waals surface area contributed by atoms with Gasteiger partial charge in [-0.25, -0.2) is 9.59 Å². The Bertz CT molecular complexity index is 332. The normalized spacial score (nSPS) is 34.7. The summed E-state index contributed by atoms with van der Waals surface area (Å²) in [6, 6.07) is 0. The second-order valence-corrected chi connectivity index (χ2v) is 5.86. The van der Waals surface area contributed by atoms with E-state index in [0.717, 1.165) is 38.1 Å². The number of carbonyl (C=O) groups is 2. The molecule has 0 aromatic rings. The van der Waals surface area contributed by atoms with Crippen molar-refractivity contribution in [3.05, 3.63) is 0 Å². The average Bonchev–Trinajstić information content (AvgIpc) is 2.43. The molecule has 4 unspecified atom stereocenters. The average molecular weight is 316 g/mol. The van der Waals surface area contributed by atoms with Gasteiger partial charge in [-0.05, 0) is 25.9 Å². The van der Waals surface area contributed by atoms with Crippen molar-refractivity contribution < 1.29 is 29.3 Å². The molecule has 4 atom stereocenters. The molecule has 126 valence electrons. The Kier molecular flexibility index (Phi) is 6.56. The van der Waals surface area contributed by atoms with Gasteiger partial charge >= 0.3 is 11.9 Å². The molecule has 0 radical (unpaired) electrons. The zero-order valence-electron chi connectivity index (χ0n) is 12.5. The molecular formula is C14H24N2O6. The molecule has 8 heteroatoms. The van der Waals surface area contributed by atoms with Gasteiger partial charge in [0.2, 0.25) is 0 Å². The van der Waals surface area contributed by atoms with Crippen LogP contribution < -0.4 is 10.6 Å². The summed E-state index contributed by atoms with van der Waals surface area (Å²) in [7, 11) is 0. The first-order valence-corrected chi connectivity index (χ1v) is 7.68. The number of aliphatic carboxylic acids is 2. The van der Waals surface area contributed by atoms with Gasteiger partial charge < -0.3 is 30.3 Å². The van der Waals surface area contributed by atoms with Gasteiger partial charge in [0.15, 0.2) is 0 Å². The molecule has 4 saturated heterocycles. The molecule has 4 heterocycles. The molecule has 0 aromatic carbocycles. The largest absolute Gasteiger partial charge is 0.473 e. The van der Waals surface area contributed by atoms with Crippen molar-refractivity contribution in [2.24, 2.45) is 11.8 Å². The van der Waals surface area contributed by atoms with Gasteiger partial charge in [0.1, 0.15) is 0 Å². The minimum absolute atomic E-state index is 0.622. The van der Waals surface area contributed by atoms with E-state index in [1.54, 1.807) is 0 Å². The second kappa shape index (κ2) is 8.42. The van der Waals surface area contributed by atoms with Crippen molar-refractivity contribution in [2.75, 3.05) is 39.4 Å². The summed E-state index contributed by atoms with van der Waals surface area (Å²) in [5.74, 6) is -1.95. The third kappa shape index (κ3) is 4.91. The first-order valence-electron chi connectivity index (χ1n) is 7.68. The topological polar surface area (TPSA) is 117 Å². The lowest BCUT2D eigenvalue weighted by atomic mass is 9.92. The van der Waals surface area contributed by atoms with Crippen molar-refractivity contribution in [2.45, 2.75) is 25.0 Å². The number of piperidine rings is 2. The predicted molar refractivity (Wildman–Crippen MR) is 76.7 cm³/mol. The van der Waals surface area contributed by atoms with Crippen LogP contribution in [0.1, 0.15) is 12.8 Å². The van der Waals surface area contributed by atoms with Gasteiger partial charge in [0.05, 0.1) is 25.4 Å². The summed E-state index contributed by atoms with van der Waals surface area (Å²) in [6.45, 7) is 6.67. The highest BCUT2D eigenvalue weighted by Crippen LogP contribution is 2.25. The summed E-state index contributed by atoms with van der Waals surface area (Å²) in [5, 5.41) is 21.5. The number of hydrogen-bond donors (Lipinski definition) is 4. The quantitative estimate of drug-likeness (QED) is 0.427. The number of carboxylic acid groups (broad SMARTS) is 2. The Morgan fingerprint density at radius 3 is 1.36 bits per heavy atom. The van der Waals surface area contributed by atoms with Crippen molar-refractivity contribution in [1.82, 2.24) is 10.6 Å². The molecule has 4 fully saturated rings. The Hall–Kier alpha value is -1.22. The molecule has 4 N–H and O–H groups in total. The Labute approximate surface area is 129 Å². The van der Waals surface area contributed by atoms with Crippen LogP contribution in [0.25, 0.3) is 0 Å². The maximum atomic E-state index is 9.10. The minimum atomic E-state index is -1.82. The molecule has 0 spiro atoms. The van der Waals surface area contributed by atoms with E-state index in [9.17, 15) is 0 Å². The summed E-state index contributed by atoms with van der Waals surface area (Å²) in [6.07, 6.45) is 3.70. The van der Waals surface area contributed by atoms with Crippen LogP contribution in [0.4, 0.5) is 0 Å². The molecule has 4 aliphatic heterocycles. The summed E-state index contributed by atoms with van der Waals surface area (Å²) >= 11 is 0. The van der Waals surface area contributed by atoms with Gasteiger partial charge in [0.25, 0.3) is 0 Å². The number of rotatable bonds is 0. The van der Waals surface area contributed by atoms with Crippen LogP contribution in [-0.2, 0) is 19.1 Å². The van der Waals surface area contributed by atoms with E-state index < -0.39 is 11.9 Å². The molecule has 0 aliphatic carbocycles. The van der Waals surface area contributed by atoms with E-state index in [-0.39, 0.29) is 0 Å². The molecule has 0 aromatic heterocycles. The highest BCUT2D eigenvalue weighted by Gasteiger charge is 2.34. The van der Waals surface area contributed by atoms with Crippen molar-refractivity contribution in [1.29, 1.82) is 0 Å². The lowest BCUT2D eigenvalue weighted by Crippen LogP contribution is -2.51. The second-order valence-electron chi connectivity index (χ2n) is 5.86. The fourth-order valence-electron chi connectivity index (χ4n) is 2.82. The molecule has 8 nitrogen and oxygen atoms in total. The van der Waals surface area contributed by atoms with Crippen LogP contribution in [0.15, 0.2) is 0 Å². The molecule has 22 heavy (non-hydrogen) atoms. The van der Waals surface area contributed by atoms with E-state index in [2.05, 4.69) is 10.6 Å². The van der Waals surface area contributed by atoms with Crippen molar-refractivity contribution in [3.8, 4) is 0 Å². The minimum Gasteiger partial charge on any atom is -0.473 e. The monoisotopic (exact) mass is 316 g/mol. The highest BCUT2D eigenvalue weighted by molar-refractivity contribution is 6.27. The number of hydrogen-bond acceptors (Lipinski definition) is 6. The lowest BCUT2D eigenvalue weighted by molar-refractivity contribution is -0.159. The van der Waals surface area contributed by atoms with Crippen LogP contribution in [0.3, 0.4) is 0 Å². The van der Waals surface area contributed by atoms with E-state index in [4.69, 9.17) is 29.3 Å². The standard InChI is InChI=1S/2C6H11NO.C2H2O4/c2*1-2-7-3-5-4-8-6(1)5;3-1(4)2(5)6/h2*5-7H,1-4H2;(H,3,4)(H,5,6). The Morgan fingerprint density at radius 1 is 0.818 bits per heavy atom. The number of ether oxygens (including phenoxy) is 2. The van der Waals surface area contributed by atoms with Crippen LogP contribution in [0, 0.1) is 11.8 Å². The van der Waals surface area contributed by atoms with Gasteiger partial charge in [-0.3, -0.25) is 0 Å². The van der Waals surface area contributed by atoms with Crippen LogP contribution in [0.5, 0.6) is 0 Å². The van der Waals surface area contributed by atoms with E-state index in [1.165, 1.54) is 25.9 Å². The summed E-state index contributed by atoms with van der Waals surface area (Å²) < 4.78 is 10.6. The molecular weight excluding hydrogens is 292 g/mol. The molecule has 0 saturated carbocycles. The van der Waals surface area contributed by atoms with Gasteiger partial charge in [-0.2, -0.15) is 0 Å². The smallest absolute Gasteiger partial charge is 0.414 e. The third-order valence-corrected chi connectivity index (χ3v) is 4.31.